The van der Waals surface area contributed by atoms with Gasteiger partial charge in [-0.15, -0.1) is 0 Å². The Hall–Kier alpha value is -2.11. The van der Waals surface area contributed by atoms with Crippen molar-refractivity contribution in [2.45, 2.75) is 31.7 Å². The van der Waals surface area contributed by atoms with Crippen molar-refractivity contribution in [3.05, 3.63) is 33.9 Å². The number of carbonyl (C=O) groups excluding carboxylic acids is 1. The summed E-state index contributed by atoms with van der Waals surface area (Å²) in [7, 11) is 0. The van der Waals surface area contributed by atoms with Gasteiger partial charge in [-0.05, 0) is 43.6 Å². The van der Waals surface area contributed by atoms with Gasteiger partial charge < -0.3 is 11.1 Å². The maximum Gasteiger partial charge on any atom is 0.270 e. The first-order chi connectivity index (χ1) is 9.56. The number of hydrogen-bond donors (Lipinski definition) is 2. The van der Waals surface area contributed by atoms with Crippen molar-refractivity contribution in [2.75, 3.05) is 5.73 Å². The third-order valence-electron chi connectivity index (χ3n) is 4.05. The largest absolute Gasteiger partial charge is 0.398 e. The van der Waals surface area contributed by atoms with E-state index < -0.39 is 4.92 Å². The minimum atomic E-state index is -0.518. The molecule has 0 atom stereocenters. The Morgan fingerprint density at radius 1 is 1.30 bits per heavy atom. The smallest absolute Gasteiger partial charge is 0.270 e. The predicted molar refractivity (Wildman–Crippen MR) is 74.2 cm³/mol. The highest BCUT2D eigenvalue weighted by molar-refractivity contribution is 6.00. The Kier molecular flexibility index (Phi) is 3.08. The Morgan fingerprint density at radius 3 is 2.40 bits per heavy atom. The fourth-order valence-corrected chi connectivity index (χ4v) is 2.61. The summed E-state index contributed by atoms with van der Waals surface area (Å²) in [6.45, 7) is 0. The third-order valence-corrected chi connectivity index (χ3v) is 4.05. The van der Waals surface area contributed by atoms with Crippen molar-refractivity contribution >= 4 is 17.3 Å². The molecule has 3 rings (SSSR count). The van der Waals surface area contributed by atoms with Crippen molar-refractivity contribution in [2.24, 2.45) is 11.8 Å². The van der Waals surface area contributed by atoms with Gasteiger partial charge in [0.1, 0.15) is 0 Å². The van der Waals surface area contributed by atoms with Crippen molar-refractivity contribution in [1.29, 1.82) is 0 Å². The summed E-state index contributed by atoms with van der Waals surface area (Å²) in [5.74, 6) is 0.854. The molecule has 6 nitrogen and oxygen atoms in total. The molecular formula is C14H17N3O3. The van der Waals surface area contributed by atoms with E-state index in [1.54, 1.807) is 0 Å². The molecule has 0 aliphatic heterocycles. The van der Waals surface area contributed by atoms with Gasteiger partial charge in [-0.1, -0.05) is 0 Å². The lowest BCUT2D eigenvalue weighted by atomic mass is 10.1. The fraction of sp³-hybridized carbons (Fsp3) is 0.500. The third kappa shape index (κ3) is 2.59. The van der Waals surface area contributed by atoms with Crippen LogP contribution >= 0.6 is 0 Å². The summed E-state index contributed by atoms with van der Waals surface area (Å²) in [6.07, 6.45) is 4.63. The highest BCUT2D eigenvalue weighted by Crippen LogP contribution is 2.44. The van der Waals surface area contributed by atoms with Gasteiger partial charge in [0.15, 0.2) is 0 Å². The monoisotopic (exact) mass is 275 g/mol. The zero-order valence-corrected chi connectivity index (χ0v) is 11.0. The number of nitro groups is 1. The van der Waals surface area contributed by atoms with E-state index in [0.717, 1.165) is 25.7 Å². The number of nitrogens with two attached hydrogens (primary N) is 1. The first-order valence-corrected chi connectivity index (χ1v) is 6.91. The Balaban J connectivity index is 1.78. The zero-order valence-electron chi connectivity index (χ0n) is 11.0. The molecule has 2 saturated carbocycles. The van der Waals surface area contributed by atoms with E-state index in [2.05, 4.69) is 5.32 Å². The number of nitrogen functional groups attached to an aromatic ring is 1. The van der Waals surface area contributed by atoms with Crippen LogP contribution in [0.2, 0.25) is 0 Å². The van der Waals surface area contributed by atoms with Gasteiger partial charge in [0.05, 0.1) is 10.5 Å². The second kappa shape index (κ2) is 4.77. The van der Waals surface area contributed by atoms with Gasteiger partial charge in [0.25, 0.3) is 11.6 Å². The highest BCUT2D eigenvalue weighted by Gasteiger charge is 2.42. The second-order valence-corrected chi connectivity index (χ2v) is 5.70. The molecular weight excluding hydrogens is 258 g/mol. The lowest BCUT2D eigenvalue weighted by Crippen LogP contribution is -2.38. The molecule has 0 heterocycles. The van der Waals surface area contributed by atoms with Gasteiger partial charge in [0, 0.05) is 23.9 Å². The summed E-state index contributed by atoms with van der Waals surface area (Å²) in [6, 6.07) is 4.18. The fourth-order valence-electron chi connectivity index (χ4n) is 2.61. The number of nitrogens with one attached hydrogen (secondary N) is 1. The lowest BCUT2D eigenvalue weighted by Gasteiger charge is -2.18. The highest BCUT2D eigenvalue weighted by atomic mass is 16.6. The van der Waals surface area contributed by atoms with E-state index in [4.69, 9.17) is 5.73 Å². The van der Waals surface area contributed by atoms with Gasteiger partial charge in [-0.2, -0.15) is 0 Å². The van der Waals surface area contributed by atoms with E-state index in [1.807, 2.05) is 0 Å². The van der Waals surface area contributed by atoms with Crippen LogP contribution in [0.5, 0.6) is 0 Å². The molecule has 2 aliphatic carbocycles. The molecule has 0 spiro atoms. The summed E-state index contributed by atoms with van der Waals surface area (Å²) < 4.78 is 0. The molecule has 1 amide bonds. The summed E-state index contributed by atoms with van der Waals surface area (Å²) in [4.78, 5) is 22.6. The first kappa shape index (κ1) is 12.9. The number of benzene rings is 1. The number of nitrogens with zero attached hydrogens (tertiary/aromatic N) is 1. The number of carbonyl (C=O) groups is 1. The maximum absolute atomic E-state index is 12.3. The molecule has 20 heavy (non-hydrogen) atoms. The van der Waals surface area contributed by atoms with Gasteiger partial charge in [-0.3, -0.25) is 14.9 Å². The summed E-state index contributed by atoms with van der Waals surface area (Å²) in [5, 5.41) is 13.8. The standard InChI is InChI=1S/C14H17N3O3/c15-12-6-5-10(17(19)20)7-11(12)14(18)16-13(8-1-2-8)9-3-4-9/h5-9,13H,1-4,15H2,(H,16,18). The van der Waals surface area contributed by atoms with Crippen LogP contribution in [0.15, 0.2) is 18.2 Å². The predicted octanol–water partition coefficient (Wildman–Crippen LogP) is 2.10. The minimum Gasteiger partial charge on any atom is -0.398 e. The number of amides is 1. The molecule has 2 fully saturated rings. The Bertz CT molecular complexity index is 553. The van der Waals surface area contributed by atoms with Crippen molar-refractivity contribution < 1.29 is 9.72 Å². The van der Waals surface area contributed by atoms with Crippen molar-refractivity contribution in [3.8, 4) is 0 Å². The molecule has 0 radical (unpaired) electrons. The van der Waals surface area contributed by atoms with E-state index in [9.17, 15) is 14.9 Å². The molecule has 3 N–H and O–H groups in total. The van der Waals surface area contributed by atoms with Crippen LogP contribution in [0.4, 0.5) is 11.4 Å². The van der Waals surface area contributed by atoms with E-state index in [1.165, 1.54) is 18.2 Å². The van der Waals surface area contributed by atoms with Crippen LogP contribution in [-0.2, 0) is 0 Å². The molecule has 6 heteroatoms. The Labute approximate surface area is 116 Å². The van der Waals surface area contributed by atoms with Crippen LogP contribution in [0, 0.1) is 22.0 Å². The second-order valence-electron chi connectivity index (χ2n) is 5.70. The molecule has 1 aromatic rings. The van der Waals surface area contributed by atoms with Crippen molar-refractivity contribution in [3.63, 3.8) is 0 Å². The molecule has 0 aromatic heterocycles. The van der Waals surface area contributed by atoms with Crippen LogP contribution in [-0.4, -0.2) is 16.9 Å². The SMILES string of the molecule is Nc1ccc([N+](=O)[O-])cc1C(=O)NC(C1CC1)C1CC1. The van der Waals surface area contributed by atoms with E-state index >= 15 is 0 Å². The van der Waals surface area contributed by atoms with Gasteiger partial charge in [-0.25, -0.2) is 0 Å². The van der Waals surface area contributed by atoms with E-state index in [0.29, 0.717) is 11.8 Å². The number of nitro benzene ring substituents is 1. The summed E-state index contributed by atoms with van der Waals surface area (Å²) in [5.41, 5.74) is 6.13. The molecule has 0 unspecified atom stereocenters. The minimum absolute atomic E-state index is 0.112. The molecule has 0 bridgehead atoms. The average molecular weight is 275 g/mol. The van der Waals surface area contributed by atoms with Crippen LogP contribution in [0.1, 0.15) is 36.0 Å². The quantitative estimate of drug-likeness (QED) is 0.488. The normalized spacial score (nSPS) is 18.1. The molecule has 2 aliphatic rings. The first-order valence-electron chi connectivity index (χ1n) is 6.91. The lowest BCUT2D eigenvalue weighted by molar-refractivity contribution is -0.384. The van der Waals surface area contributed by atoms with Crippen LogP contribution in [0.3, 0.4) is 0 Å². The van der Waals surface area contributed by atoms with Crippen LogP contribution in [0.25, 0.3) is 0 Å². The van der Waals surface area contributed by atoms with Gasteiger partial charge in [0.2, 0.25) is 0 Å². The van der Waals surface area contributed by atoms with E-state index in [-0.39, 0.29) is 28.9 Å². The number of rotatable bonds is 5. The van der Waals surface area contributed by atoms with Gasteiger partial charge >= 0.3 is 0 Å². The Morgan fingerprint density at radius 2 is 1.90 bits per heavy atom. The van der Waals surface area contributed by atoms with Crippen LogP contribution < -0.4 is 11.1 Å². The number of hydrogen-bond acceptors (Lipinski definition) is 4. The van der Waals surface area contributed by atoms with Crippen molar-refractivity contribution in [1.82, 2.24) is 5.32 Å². The zero-order chi connectivity index (χ0) is 14.3. The number of non-ortho nitro benzene ring substituents is 1. The average Bonchev–Trinajstić information content (AvgIpc) is 3.28. The molecule has 0 saturated heterocycles. The summed E-state index contributed by atoms with van der Waals surface area (Å²) >= 11 is 0. The molecule has 106 valence electrons. The maximum atomic E-state index is 12.3. The topological polar surface area (TPSA) is 98.3 Å². The molecule has 1 aromatic carbocycles. The number of anilines is 1.